The maximum atomic E-state index is 12.7. The lowest BCUT2D eigenvalue weighted by atomic mass is 9.80. The van der Waals surface area contributed by atoms with Crippen LogP contribution < -0.4 is 14.5 Å². The first-order valence-corrected chi connectivity index (χ1v) is 12.1. The second-order valence-electron chi connectivity index (χ2n) is 5.81. The molecule has 18 heteroatoms. The van der Waals surface area contributed by atoms with Gasteiger partial charge in [0.15, 0.2) is 69.0 Å². The number of fused-ring (bicyclic) bond motifs is 4. The molecule has 176 valence electrons. The molecule has 0 radical (unpaired) electrons. The molecule has 0 bridgehead atoms. The van der Waals surface area contributed by atoms with Crippen LogP contribution in [0.3, 0.4) is 0 Å². The molecule has 2 aromatic rings. The molecule has 0 aromatic heterocycles. The predicted octanol–water partition coefficient (Wildman–Crippen LogP) is 5.25. The Labute approximate surface area is 203 Å². The topological polar surface area (TPSA) is 105 Å². The quantitative estimate of drug-likeness (QED) is 0.147. The van der Waals surface area contributed by atoms with Crippen LogP contribution in [-0.2, 0) is 20.2 Å². The van der Waals surface area contributed by atoms with Gasteiger partial charge >= 0.3 is 31.3 Å². The van der Waals surface area contributed by atoms with Crippen molar-refractivity contribution < 1.29 is 57.7 Å². The van der Waals surface area contributed by atoms with E-state index in [2.05, 4.69) is 8.37 Å². The van der Waals surface area contributed by atoms with Crippen LogP contribution in [-0.4, -0.2) is 27.9 Å². The number of rotatable bonds is 6. The van der Waals surface area contributed by atoms with Crippen LogP contribution in [0.25, 0.3) is 22.3 Å². The van der Waals surface area contributed by atoms with E-state index in [1.165, 1.54) is 58.1 Å². The lowest BCUT2D eigenvalue weighted by molar-refractivity contribution is -0.0513. The summed E-state index contributed by atoms with van der Waals surface area (Å²) >= 11 is 3.02. The molecular weight excluding hydrogens is 728 g/mol. The summed E-state index contributed by atoms with van der Waals surface area (Å²) in [7, 11) is -12.7. The first-order valence-electron chi connectivity index (χ1n) is 7.48. The van der Waals surface area contributed by atoms with Gasteiger partial charge in [0.05, 0.1) is 0 Å². The van der Waals surface area contributed by atoms with Gasteiger partial charge in [-0.05, 0) is 46.5 Å². The summed E-state index contributed by atoms with van der Waals surface area (Å²) in [6, 6.07) is 3.91. The molecule has 32 heavy (non-hydrogen) atoms. The minimum atomic E-state index is -6.37. The van der Waals surface area contributed by atoms with Gasteiger partial charge in [-0.2, -0.15) is 43.2 Å². The summed E-state index contributed by atoms with van der Waals surface area (Å²) < 4.78 is 140. The van der Waals surface area contributed by atoms with Gasteiger partial charge in [0.1, 0.15) is 0 Å². The van der Waals surface area contributed by atoms with Crippen molar-refractivity contribution in [3.05, 3.63) is 24.3 Å². The van der Waals surface area contributed by atoms with Crippen LogP contribution in [0.5, 0.6) is 23.0 Å². The summed E-state index contributed by atoms with van der Waals surface area (Å²) in [6.45, 7) is 0. The van der Waals surface area contributed by atoms with E-state index in [4.69, 9.17) is 6.13 Å². The van der Waals surface area contributed by atoms with Gasteiger partial charge < -0.3 is 14.5 Å². The third-order valence-corrected chi connectivity index (χ3v) is 6.76. The fourth-order valence-corrected chi connectivity index (χ4v) is 4.14. The van der Waals surface area contributed by atoms with Crippen molar-refractivity contribution >= 4 is 66.2 Å². The number of halogens is 8. The molecular formula is C14H4F6I2O8S2. The maximum absolute atomic E-state index is 12.7. The lowest BCUT2D eigenvalue weighted by Crippen LogP contribution is -2.30. The Kier molecular flexibility index (Phi) is 6.39. The van der Waals surface area contributed by atoms with Gasteiger partial charge in [-0.3, -0.25) is 0 Å². The van der Waals surface area contributed by atoms with Crippen LogP contribution in [0.4, 0.5) is 26.3 Å². The van der Waals surface area contributed by atoms with E-state index >= 15 is 0 Å². The Morgan fingerprint density at radius 1 is 0.562 bits per heavy atom. The molecule has 8 nitrogen and oxygen atoms in total. The molecule has 3 rings (SSSR count). The summed E-state index contributed by atoms with van der Waals surface area (Å²) in [6.07, 6.45) is 0. The zero-order chi connectivity index (χ0) is 24.3. The molecule has 0 saturated heterocycles. The van der Waals surface area contributed by atoms with E-state index in [0.29, 0.717) is 12.1 Å². The van der Waals surface area contributed by atoms with Crippen LogP contribution in [0.1, 0.15) is 0 Å². The highest BCUT2D eigenvalue weighted by Gasteiger charge is 2.51. The SMILES string of the molecule is O=S(=O)(Oc1cc2c(cc1OS(=O)(=O)C(F)(F)F)-c1cc(OI)c(OI)cc1-2)C(F)(F)F. The van der Waals surface area contributed by atoms with Crippen molar-refractivity contribution in [1.29, 1.82) is 0 Å². The molecule has 0 unspecified atom stereocenters. The molecule has 0 N–H and O–H groups in total. The minimum absolute atomic E-state index is 0.0267. The lowest BCUT2D eigenvalue weighted by Gasteiger charge is -2.27. The number of alkyl halides is 6. The Morgan fingerprint density at radius 3 is 1.03 bits per heavy atom. The summed E-state index contributed by atoms with van der Waals surface area (Å²) in [5.74, 6) is -2.53. The fourth-order valence-electron chi connectivity index (χ4n) is 2.53. The number of benzene rings is 2. The zero-order valence-corrected chi connectivity index (χ0v) is 20.4. The van der Waals surface area contributed by atoms with E-state index in [-0.39, 0.29) is 33.8 Å². The standard InChI is InChI=1S/C14H4F6I2O8S2/c15-13(16,17)31(23,24)29-11-3-7-5-1-9(27-21)10(28-22)2-6(5)8(7)4-12(11)30-32(25,26)14(18,19)20/h1-4H. The first-order chi connectivity index (χ1) is 14.5. The largest absolute Gasteiger partial charge is 0.534 e. The van der Waals surface area contributed by atoms with Crippen molar-refractivity contribution in [1.82, 2.24) is 0 Å². The molecule has 0 heterocycles. The highest BCUT2D eigenvalue weighted by Crippen LogP contribution is 2.55. The van der Waals surface area contributed by atoms with E-state index in [1.807, 2.05) is 0 Å². The highest BCUT2D eigenvalue weighted by atomic mass is 127. The molecule has 0 aliphatic heterocycles. The van der Waals surface area contributed by atoms with Crippen LogP contribution in [0, 0.1) is 0 Å². The average Bonchev–Trinajstić information content (AvgIpc) is 2.65. The molecule has 0 spiro atoms. The second-order valence-corrected chi connectivity index (χ2v) is 9.77. The summed E-state index contributed by atoms with van der Waals surface area (Å²) in [5.41, 5.74) is -11.3. The van der Waals surface area contributed by atoms with Crippen molar-refractivity contribution in [2.45, 2.75) is 11.0 Å². The first kappa shape index (κ1) is 25.2. The normalized spacial score (nSPS) is 13.5. The highest BCUT2D eigenvalue weighted by molar-refractivity contribution is 14.1. The molecule has 1 aliphatic rings. The average molecular weight is 732 g/mol. The minimum Gasteiger partial charge on any atom is -0.424 e. The van der Waals surface area contributed by atoms with Crippen LogP contribution in [0.2, 0.25) is 0 Å². The van der Waals surface area contributed by atoms with Crippen LogP contribution >= 0.6 is 46.0 Å². The van der Waals surface area contributed by atoms with E-state index in [1.54, 1.807) is 0 Å². The van der Waals surface area contributed by atoms with Crippen molar-refractivity contribution in [2.75, 3.05) is 0 Å². The summed E-state index contributed by atoms with van der Waals surface area (Å²) in [4.78, 5) is 0. The van der Waals surface area contributed by atoms with Gasteiger partial charge in [0.2, 0.25) is 0 Å². The van der Waals surface area contributed by atoms with Crippen molar-refractivity contribution in [3.63, 3.8) is 0 Å². The van der Waals surface area contributed by atoms with Crippen molar-refractivity contribution in [2.24, 2.45) is 0 Å². The Bertz CT molecular complexity index is 1210. The molecule has 0 amide bonds. The van der Waals surface area contributed by atoms with Gasteiger partial charge in [-0.25, -0.2) is 0 Å². The molecule has 0 atom stereocenters. The van der Waals surface area contributed by atoms with Gasteiger partial charge in [0, 0.05) is 0 Å². The molecule has 0 fully saturated rings. The second kappa shape index (κ2) is 8.11. The Balaban J connectivity index is 2.19. The third-order valence-electron chi connectivity index (χ3n) is 3.88. The van der Waals surface area contributed by atoms with Gasteiger partial charge in [-0.1, -0.05) is 0 Å². The zero-order valence-electron chi connectivity index (χ0n) is 14.4. The third kappa shape index (κ3) is 4.36. The molecule has 2 aromatic carbocycles. The Hall–Kier alpha value is -1.42. The molecule has 0 saturated carbocycles. The predicted molar refractivity (Wildman–Crippen MR) is 111 cm³/mol. The van der Waals surface area contributed by atoms with Crippen molar-refractivity contribution in [3.8, 4) is 45.3 Å². The molecule has 1 aliphatic carbocycles. The van der Waals surface area contributed by atoms with Gasteiger partial charge in [0.25, 0.3) is 0 Å². The monoisotopic (exact) mass is 732 g/mol. The Morgan fingerprint density at radius 2 is 0.812 bits per heavy atom. The maximum Gasteiger partial charge on any atom is 0.534 e. The number of hydrogen-bond acceptors (Lipinski definition) is 8. The van der Waals surface area contributed by atoms with E-state index in [0.717, 1.165) is 0 Å². The fraction of sp³-hybridized carbons (Fsp3) is 0.143. The van der Waals surface area contributed by atoms with E-state index in [9.17, 15) is 43.2 Å². The summed E-state index contributed by atoms with van der Waals surface area (Å²) in [5, 5.41) is 0. The smallest absolute Gasteiger partial charge is 0.424 e. The van der Waals surface area contributed by atoms with Crippen LogP contribution in [0.15, 0.2) is 24.3 Å². The van der Waals surface area contributed by atoms with E-state index < -0.39 is 42.8 Å². The number of hydrogen-bond donors (Lipinski definition) is 0. The van der Waals surface area contributed by atoms with Gasteiger partial charge in [-0.15, -0.1) is 0 Å².